The van der Waals surface area contributed by atoms with E-state index in [-0.39, 0.29) is 6.10 Å². The maximum absolute atomic E-state index is 9.76. The van der Waals surface area contributed by atoms with Gasteiger partial charge in [0, 0.05) is 36.0 Å². The molecule has 1 aromatic rings. The molecule has 1 unspecified atom stereocenters. The second-order valence-corrected chi connectivity index (χ2v) is 4.58. The lowest BCUT2D eigenvalue weighted by atomic mass is 10.1. The number of rotatable bonds is 7. The highest BCUT2D eigenvalue weighted by Gasteiger charge is 2.06. The van der Waals surface area contributed by atoms with Gasteiger partial charge in [0.15, 0.2) is 0 Å². The van der Waals surface area contributed by atoms with Crippen LogP contribution in [0.4, 0.5) is 0 Å². The van der Waals surface area contributed by atoms with Crippen molar-refractivity contribution in [2.45, 2.75) is 32.3 Å². The molecule has 0 radical (unpaired) electrons. The zero-order chi connectivity index (χ0) is 11.8. The number of hydrogen-bond donors (Lipinski definition) is 1. The molecule has 3 nitrogen and oxygen atoms in total. The normalized spacial score (nSPS) is 12.7. The molecule has 1 aromatic heterocycles. The minimum absolute atomic E-state index is 0.325. The van der Waals surface area contributed by atoms with Crippen molar-refractivity contribution in [2.75, 3.05) is 13.2 Å². The summed E-state index contributed by atoms with van der Waals surface area (Å²) in [4.78, 5) is 4.22. The molecule has 0 aliphatic heterocycles. The summed E-state index contributed by atoms with van der Waals surface area (Å²) in [5.41, 5.74) is 0.923. The molecule has 0 spiro atoms. The quantitative estimate of drug-likeness (QED) is 0.784. The summed E-state index contributed by atoms with van der Waals surface area (Å²) in [6.45, 7) is 3.44. The van der Waals surface area contributed by atoms with Gasteiger partial charge < -0.3 is 9.84 Å². The van der Waals surface area contributed by atoms with E-state index in [0.717, 1.165) is 36.2 Å². The molecule has 1 N–H and O–H groups in total. The minimum Gasteiger partial charge on any atom is -0.393 e. The van der Waals surface area contributed by atoms with E-state index < -0.39 is 0 Å². The van der Waals surface area contributed by atoms with Crippen molar-refractivity contribution in [3.8, 4) is 0 Å². The standard InChI is InChI=1S/C12H18BrNO2/c1-2-16-7-3-4-12(15)8-11-6-5-10(13)9-14-11/h5-6,9,12,15H,2-4,7-8H2,1H3. The van der Waals surface area contributed by atoms with Crippen molar-refractivity contribution in [3.05, 3.63) is 28.5 Å². The van der Waals surface area contributed by atoms with Gasteiger partial charge in [0.2, 0.25) is 0 Å². The van der Waals surface area contributed by atoms with E-state index in [1.165, 1.54) is 0 Å². The number of aromatic nitrogens is 1. The van der Waals surface area contributed by atoms with Crippen LogP contribution in [-0.2, 0) is 11.2 Å². The van der Waals surface area contributed by atoms with Gasteiger partial charge in [0.1, 0.15) is 0 Å². The second-order valence-electron chi connectivity index (χ2n) is 3.66. The van der Waals surface area contributed by atoms with E-state index in [1.807, 2.05) is 19.1 Å². The minimum atomic E-state index is -0.325. The highest BCUT2D eigenvalue weighted by Crippen LogP contribution is 2.10. The number of pyridine rings is 1. The third-order valence-corrected chi connectivity index (χ3v) is 2.73. The summed E-state index contributed by atoms with van der Waals surface area (Å²) < 4.78 is 6.18. The Morgan fingerprint density at radius 1 is 1.50 bits per heavy atom. The Bertz CT molecular complexity index is 290. The van der Waals surface area contributed by atoms with Crippen LogP contribution in [0.3, 0.4) is 0 Å². The number of ether oxygens (including phenoxy) is 1. The predicted molar refractivity (Wildman–Crippen MR) is 67.4 cm³/mol. The molecule has 0 aliphatic rings. The Hall–Kier alpha value is -0.450. The lowest BCUT2D eigenvalue weighted by molar-refractivity contribution is 0.114. The fourth-order valence-electron chi connectivity index (χ4n) is 1.44. The summed E-state index contributed by atoms with van der Waals surface area (Å²) in [6, 6.07) is 3.87. The summed E-state index contributed by atoms with van der Waals surface area (Å²) in [5, 5.41) is 9.76. The number of aliphatic hydroxyl groups is 1. The first-order valence-electron chi connectivity index (χ1n) is 5.58. The summed E-state index contributed by atoms with van der Waals surface area (Å²) in [6.07, 6.45) is 3.69. The number of hydrogen-bond acceptors (Lipinski definition) is 3. The van der Waals surface area contributed by atoms with Crippen molar-refractivity contribution >= 4 is 15.9 Å². The van der Waals surface area contributed by atoms with Crippen LogP contribution < -0.4 is 0 Å². The topological polar surface area (TPSA) is 42.4 Å². The van der Waals surface area contributed by atoms with Gasteiger partial charge in [-0.25, -0.2) is 0 Å². The Morgan fingerprint density at radius 2 is 2.31 bits per heavy atom. The van der Waals surface area contributed by atoms with Gasteiger partial charge in [0.05, 0.1) is 6.10 Å². The van der Waals surface area contributed by atoms with Crippen LogP contribution in [0.15, 0.2) is 22.8 Å². The highest BCUT2D eigenvalue weighted by atomic mass is 79.9. The summed E-state index contributed by atoms with van der Waals surface area (Å²) in [7, 11) is 0. The highest BCUT2D eigenvalue weighted by molar-refractivity contribution is 9.10. The molecular formula is C12H18BrNO2. The van der Waals surface area contributed by atoms with E-state index in [4.69, 9.17) is 4.74 Å². The molecule has 4 heteroatoms. The molecule has 0 saturated heterocycles. The molecule has 0 aliphatic carbocycles. The monoisotopic (exact) mass is 287 g/mol. The molecule has 0 saturated carbocycles. The van der Waals surface area contributed by atoms with Gasteiger partial charge in [-0.1, -0.05) is 0 Å². The van der Waals surface area contributed by atoms with Gasteiger partial charge in [-0.05, 0) is 47.8 Å². The molecule has 16 heavy (non-hydrogen) atoms. The van der Waals surface area contributed by atoms with Crippen LogP contribution in [-0.4, -0.2) is 29.4 Å². The molecule has 1 heterocycles. The third kappa shape index (κ3) is 5.58. The predicted octanol–water partition coefficient (Wildman–Crippen LogP) is 2.56. The molecule has 0 fully saturated rings. The molecule has 0 bridgehead atoms. The fourth-order valence-corrected chi connectivity index (χ4v) is 1.67. The zero-order valence-electron chi connectivity index (χ0n) is 9.53. The average molecular weight is 288 g/mol. The van der Waals surface area contributed by atoms with Crippen LogP contribution in [0.2, 0.25) is 0 Å². The van der Waals surface area contributed by atoms with Crippen molar-refractivity contribution in [1.82, 2.24) is 4.98 Å². The van der Waals surface area contributed by atoms with Crippen molar-refractivity contribution in [1.29, 1.82) is 0 Å². The molecular weight excluding hydrogens is 270 g/mol. The number of halogens is 1. The molecule has 0 amide bonds. The van der Waals surface area contributed by atoms with Crippen molar-refractivity contribution < 1.29 is 9.84 Å². The van der Waals surface area contributed by atoms with Crippen LogP contribution in [0.5, 0.6) is 0 Å². The van der Waals surface area contributed by atoms with Crippen molar-refractivity contribution in [2.24, 2.45) is 0 Å². The van der Waals surface area contributed by atoms with E-state index >= 15 is 0 Å². The fraction of sp³-hybridized carbons (Fsp3) is 0.583. The molecule has 1 rings (SSSR count). The number of aliphatic hydroxyl groups excluding tert-OH is 1. The van der Waals surface area contributed by atoms with Gasteiger partial charge >= 0.3 is 0 Å². The van der Waals surface area contributed by atoms with Gasteiger partial charge in [-0.3, -0.25) is 4.98 Å². The van der Waals surface area contributed by atoms with Gasteiger partial charge in [-0.15, -0.1) is 0 Å². The molecule has 0 aromatic carbocycles. The Balaban J connectivity index is 2.23. The third-order valence-electron chi connectivity index (χ3n) is 2.26. The number of nitrogens with zero attached hydrogens (tertiary/aromatic N) is 1. The first-order chi connectivity index (χ1) is 7.72. The maximum Gasteiger partial charge on any atom is 0.0596 e. The van der Waals surface area contributed by atoms with Gasteiger partial charge in [-0.2, -0.15) is 0 Å². The maximum atomic E-state index is 9.76. The van der Waals surface area contributed by atoms with Crippen LogP contribution in [0.1, 0.15) is 25.5 Å². The summed E-state index contributed by atoms with van der Waals surface area (Å²) in [5.74, 6) is 0. The Kier molecular flexibility index (Phi) is 6.61. The smallest absolute Gasteiger partial charge is 0.0596 e. The van der Waals surface area contributed by atoms with E-state index in [2.05, 4.69) is 20.9 Å². The Labute approximate surface area is 105 Å². The lowest BCUT2D eigenvalue weighted by Crippen LogP contribution is -2.12. The lowest BCUT2D eigenvalue weighted by Gasteiger charge is -2.09. The van der Waals surface area contributed by atoms with Crippen molar-refractivity contribution in [3.63, 3.8) is 0 Å². The largest absolute Gasteiger partial charge is 0.393 e. The first kappa shape index (κ1) is 13.6. The van der Waals surface area contributed by atoms with Crippen LogP contribution in [0.25, 0.3) is 0 Å². The van der Waals surface area contributed by atoms with Crippen LogP contribution in [0, 0.1) is 0 Å². The average Bonchev–Trinajstić information content (AvgIpc) is 2.28. The van der Waals surface area contributed by atoms with E-state index in [1.54, 1.807) is 6.20 Å². The van der Waals surface area contributed by atoms with E-state index in [9.17, 15) is 5.11 Å². The second kappa shape index (κ2) is 7.76. The molecule has 1 atom stereocenters. The Morgan fingerprint density at radius 3 is 2.94 bits per heavy atom. The molecule has 90 valence electrons. The SMILES string of the molecule is CCOCCCC(O)Cc1ccc(Br)cn1. The zero-order valence-corrected chi connectivity index (χ0v) is 11.1. The van der Waals surface area contributed by atoms with Crippen LogP contribution >= 0.6 is 15.9 Å². The summed E-state index contributed by atoms with van der Waals surface area (Å²) >= 11 is 3.33. The van der Waals surface area contributed by atoms with E-state index in [0.29, 0.717) is 6.42 Å². The van der Waals surface area contributed by atoms with Gasteiger partial charge in [0.25, 0.3) is 0 Å². The first-order valence-corrected chi connectivity index (χ1v) is 6.38.